The predicted octanol–water partition coefficient (Wildman–Crippen LogP) is 5.73. The van der Waals surface area contributed by atoms with Crippen molar-refractivity contribution >= 4 is 23.2 Å². The van der Waals surface area contributed by atoms with Crippen LogP contribution in [-0.4, -0.2) is 45.7 Å². The van der Waals surface area contributed by atoms with E-state index in [4.69, 9.17) is 4.98 Å². The molecule has 3 heterocycles. The van der Waals surface area contributed by atoms with Gasteiger partial charge in [-0.25, -0.2) is 14.8 Å². The van der Waals surface area contributed by atoms with Crippen LogP contribution in [0.1, 0.15) is 43.9 Å². The molecule has 0 spiro atoms. The number of rotatable bonds is 7. The minimum absolute atomic E-state index is 0.354. The molecule has 1 aliphatic heterocycles. The van der Waals surface area contributed by atoms with Crippen LogP contribution in [0, 0.1) is 5.92 Å². The molecule has 1 fully saturated rings. The Morgan fingerprint density at radius 1 is 1.19 bits per heavy atom. The van der Waals surface area contributed by atoms with E-state index in [0.29, 0.717) is 24.9 Å². The molecule has 1 N–H and O–H groups in total. The second-order valence-electron chi connectivity index (χ2n) is 8.73. The Morgan fingerprint density at radius 2 is 1.94 bits per heavy atom. The first kappa shape index (κ1) is 22.3. The fourth-order valence-corrected chi connectivity index (χ4v) is 4.73. The van der Waals surface area contributed by atoms with Gasteiger partial charge in [-0.3, -0.25) is 0 Å². The molecule has 1 amide bonds. The molecule has 2 aromatic heterocycles. The normalized spacial score (nSPS) is 14.7. The highest BCUT2D eigenvalue weighted by molar-refractivity contribution is 7.07. The molecule has 0 atom stereocenters. The predicted molar refractivity (Wildman–Crippen MR) is 129 cm³/mol. The highest BCUT2D eigenvalue weighted by Crippen LogP contribution is 2.27. The highest BCUT2D eigenvalue weighted by Gasteiger charge is 2.24. The quantitative estimate of drug-likeness (QED) is 0.498. The van der Waals surface area contributed by atoms with E-state index in [9.17, 15) is 9.90 Å². The molecule has 0 radical (unpaired) electrons. The molecule has 7 heteroatoms. The molecular formula is C25H30N4O2S. The zero-order valence-electron chi connectivity index (χ0n) is 18.6. The van der Waals surface area contributed by atoms with Gasteiger partial charge in [-0.05, 0) is 42.4 Å². The Morgan fingerprint density at radius 3 is 2.56 bits per heavy atom. The number of benzene rings is 1. The second-order valence-corrected chi connectivity index (χ2v) is 9.45. The first-order valence-corrected chi connectivity index (χ1v) is 12.1. The number of hydrogen-bond donors (Lipinski definition) is 1. The van der Waals surface area contributed by atoms with Crippen molar-refractivity contribution in [2.45, 2.75) is 39.2 Å². The number of thiazole rings is 1. The lowest BCUT2D eigenvalue weighted by Gasteiger charge is -2.34. The Kier molecular flexibility index (Phi) is 7.05. The van der Waals surface area contributed by atoms with Gasteiger partial charge in [0.1, 0.15) is 5.82 Å². The van der Waals surface area contributed by atoms with Gasteiger partial charge in [0.05, 0.1) is 23.4 Å². The number of piperidine rings is 1. The SMILES string of the molecule is CC(C)c1ccc(-c2cccc(N3CCC(CN(Cc4cscn4)C(=O)O)CC3)n2)cc1. The van der Waals surface area contributed by atoms with Crippen molar-refractivity contribution in [1.29, 1.82) is 0 Å². The van der Waals surface area contributed by atoms with Crippen molar-refractivity contribution < 1.29 is 9.90 Å². The highest BCUT2D eigenvalue weighted by atomic mass is 32.1. The minimum Gasteiger partial charge on any atom is -0.465 e. The summed E-state index contributed by atoms with van der Waals surface area (Å²) in [5.74, 6) is 1.86. The standard InChI is InChI=1S/C25H30N4O2S/c1-18(2)20-6-8-21(9-7-20)23-4-3-5-24(27-23)28-12-10-19(11-13-28)14-29(25(30)31)15-22-16-32-17-26-22/h3-9,16-19H,10-15H2,1-2H3,(H,30,31). The van der Waals surface area contributed by atoms with Crippen LogP contribution in [-0.2, 0) is 6.54 Å². The summed E-state index contributed by atoms with van der Waals surface area (Å²) in [5.41, 5.74) is 6.01. The number of pyridine rings is 1. The Labute approximate surface area is 193 Å². The molecule has 1 aromatic carbocycles. The van der Waals surface area contributed by atoms with Gasteiger partial charge >= 0.3 is 6.09 Å². The van der Waals surface area contributed by atoms with Crippen molar-refractivity contribution in [1.82, 2.24) is 14.9 Å². The summed E-state index contributed by atoms with van der Waals surface area (Å²) >= 11 is 1.49. The van der Waals surface area contributed by atoms with Crippen LogP contribution in [0.25, 0.3) is 11.3 Å². The Hall–Kier alpha value is -2.93. The first-order valence-electron chi connectivity index (χ1n) is 11.2. The minimum atomic E-state index is -0.877. The zero-order chi connectivity index (χ0) is 22.5. The molecule has 0 unspecified atom stereocenters. The maximum Gasteiger partial charge on any atom is 0.407 e. The number of hydrogen-bond acceptors (Lipinski definition) is 5. The molecule has 168 valence electrons. The number of anilines is 1. The number of carboxylic acid groups (broad SMARTS) is 1. The van der Waals surface area contributed by atoms with E-state index in [1.54, 1.807) is 5.51 Å². The second kappa shape index (κ2) is 10.1. The van der Waals surface area contributed by atoms with E-state index in [1.165, 1.54) is 21.8 Å². The molecule has 4 rings (SSSR count). The number of nitrogens with zero attached hydrogens (tertiary/aromatic N) is 4. The van der Waals surface area contributed by atoms with Crippen LogP contribution in [0.15, 0.2) is 53.4 Å². The van der Waals surface area contributed by atoms with Gasteiger partial charge in [0, 0.05) is 30.6 Å². The van der Waals surface area contributed by atoms with Crippen LogP contribution in [0.4, 0.5) is 10.6 Å². The molecule has 6 nitrogen and oxygen atoms in total. The summed E-state index contributed by atoms with van der Waals surface area (Å²) in [5, 5.41) is 11.5. The largest absolute Gasteiger partial charge is 0.465 e. The summed E-state index contributed by atoms with van der Waals surface area (Å²) in [6.45, 7) is 7.09. The maximum absolute atomic E-state index is 11.7. The van der Waals surface area contributed by atoms with E-state index >= 15 is 0 Å². The van der Waals surface area contributed by atoms with Crippen LogP contribution >= 0.6 is 11.3 Å². The van der Waals surface area contributed by atoms with Crippen LogP contribution in [0.5, 0.6) is 0 Å². The van der Waals surface area contributed by atoms with Crippen LogP contribution in [0.2, 0.25) is 0 Å². The van der Waals surface area contributed by atoms with Crippen LogP contribution < -0.4 is 4.90 Å². The van der Waals surface area contributed by atoms with Gasteiger partial charge in [0.2, 0.25) is 0 Å². The number of carbonyl (C=O) groups is 1. The lowest BCUT2D eigenvalue weighted by molar-refractivity contribution is 0.129. The Bertz CT molecular complexity index is 1010. The molecule has 0 bridgehead atoms. The summed E-state index contributed by atoms with van der Waals surface area (Å²) in [7, 11) is 0. The number of amides is 1. The van der Waals surface area contributed by atoms with Gasteiger partial charge in [0.15, 0.2) is 0 Å². The fourth-order valence-electron chi connectivity index (χ4n) is 4.18. The van der Waals surface area contributed by atoms with E-state index in [-0.39, 0.29) is 0 Å². The smallest absolute Gasteiger partial charge is 0.407 e. The molecule has 3 aromatic rings. The van der Waals surface area contributed by atoms with Gasteiger partial charge in [0.25, 0.3) is 0 Å². The van der Waals surface area contributed by atoms with Crippen molar-refractivity contribution in [3.8, 4) is 11.3 Å². The lowest BCUT2D eigenvalue weighted by Crippen LogP contribution is -2.40. The maximum atomic E-state index is 11.7. The molecule has 0 aliphatic carbocycles. The monoisotopic (exact) mass is 450 g/mol. The van der Waals surface area contributed by atoms with E-state index in [2.05, 4.69) is 66.2 Å². The molecule has 32 heavy (non-hydrogen) atoms. The zero-order valence-corrected chi connectivity index (χ0v) is 19.5. The summed E-state index contributed by atoms with van der Waals surface area (Å²) < 4.78 is 0. The summed E-state index contributed by atoms with van der Waals surface area (Å²) in [6, 6.07) is 14.9. The molecule has 0 saturated carbocycles. The third kappa shape index (κ3) is 5.46. The lowest BCUT2D eigenvalue weighted by atomic mass is 9.96. The van der Waals surface area contributed by atoms with Gasteiger partial charge in [-0.1, -0.05) is 44.2 Å². The van der Waals surface area contributed by atoms with Gasteiger partial charge in [-0.15, -0.1) is 11.3 Å². The fraction of sp³-hybridized carbons (Fsp3) is 0.400. The molecule has 1 aliphatic rings. The van der Waals surface area contributed by atoms with Crippen molar-refractivity contribution in [3.63, 3.8) is 0 Å². The van der Waals surface area contributed by atoms with Gasteiger partial charge < -0.3 is 14.9 Å². The molecule has 1 saturated heterocycles. The van der Waals surface area contributed by atoms with Crippen molar-refractivity contribution in [2.24, 2.45) is 5.92 Å². The average Bonchev–Trinajstić information content (AvgIpc) is 3.32. The third-order valence-corrected chi connectivity index (χ3v) is 6.77. The topological polar surface area (TPSA) is 69.6 Å². The van der Waals surface area contributed by atoms with Crippen molar-refractivity contribution in [3.05, 3.63) is 64.6 Å². The van der Waals surface area contributed by atoms with Gasteiger partial charge in [-0.2, -0.15) is 0 Å². The van der Waals surface area contributed by atoms with E-state index < -0.39 is 6.09 Å². The van der Waals surface area contributed by atoms with E-state index in [1.807, 2.05) is 5.38 Å². The molecular weight excluding hydrogens is 420 g/mol. The number of aromatic nitrogens is 2. The average molecular weight is 451 g/mol. The summed E-state index contributed by atoms with van der Waals surface area (Å²) in [6.07, 6.45) is 1.03. The van der Waals surface area contributed by atoms with Crippen molar-refractivity contribution in [2.75, 3.05) is 24.5 Å². The Balaban J connectivity index is 1.36. The first-order chi connectivity index (χ1) is 15.5. The summed E-state index contributed by atoms with van der Waals surface area (Å²) in [4.78, 5) is 24.7. The van der Waals surface area contributed by atoms with E-state index in [0.717, 1.165) is 48.7 Å². The third-order valence-electron chi connectivity index (χ3n) is 6.13. The van der Waals surface area contributed by atoms with Crippen LogP contribution in [0.3, 0.4) is 0 Å².